The minimum absolute atomic E-state index is 0.622. The molecule has 0 radical (unpaired) electrons. The van der Waals surface area contributed by atoms with E-state index >= 15 is 0 Å². The van der Waals surface area contributed by atoms with Gasteiger partial charge in [0.05, 0.1) is 66.9 Å². The van der Waals surface area contributed by atoms with Crippen LogP contribution in [0.1, 0.15) is 0 Å². The Kier molecular flexibility index (Phi) is 18.0. The molecule has 10 heteroatoms. The number of hydrogen-bond donors (Lipinski definition) is 0. The third-order valence-corrected chi connectivity index (χ3v) is 31.8. The van der Waals surface area contributed by atoms with Gasteiger partial charge in [0.15, 0.2) is 0 Å². The van der Waals surface area contributed by atoms with Crippen molar-refractivity contribution in [1.29, 1.82) is 0 Å². The average Bonchev–Trinajstić information content (AvgIpc) is 1.53. The molecule has 0 atom stereocenters. The van der Waals surface area contributed by atoms with Crippen molar-refractivity contribution in [1.82, 2.24) is 38.2 Å². The van der Waals surface area contributed by atoms with Gasteiger partial charge in [-0.2, -0.15) is 0 Å². The van der Waals surface area contributed by atoms with E-state index < -0.39 is 0 Å². The summed E-state index contributed by atoms with van der Waals surface area (Å²) in [5.74, 6) is 1.25. The molecule has 8 aromatic heterocycles. The maximum absolute atomic E-state index is 6.23. The minimum atomic E-state index is 0.622. The van der Waals surface area contributed by atoms with Crippen LogP contribution in [0.5, 0.6) is 0 Å². The minimum Gasteiger partial charge on any atom is -0.456 e. The molecule has 0 fully saturated rings. The molecule has 676 valence electrons. The largest absolute Gasteiger partial charge is 0.456 e. The Labute approximate surface area is 839 Å². The van der Waals surface area contributed by atoms with Crippen LogP contribution < -0.4 is 0 Å². The van der Waals surface area contributed by atoms with E-state index in [1.807, 2.05) is 23.5 Å². The fraction of sp³-hybridized carbons (Fsp3) is 0. The van der Waals surface area contributed by atoms with Gasteiger partial charge in [-0.25, -0.2) is 19.9 Å². The van der Waals surface area contributed by atoms with Gasteiger partial charge in [-0.1, -0.05) is 328 Å². The summed E-state index contributed by atoms with van der Waals surface area (Å²) < 4.78 is 18.2. The summed E-state index contributed by atoms with van der Waals surface area (Å²) in [5.41, 5.74) is 25.3. The Morgan fingerprint density at radius 1 is 0.158 bits per heavy atom. The van der Waals surface area contributed by atoms with Crippen LogP contribution in [0.4, 0.5) is 0 Å². The van der Waals surface area contributed by atoms with Gasteiger partial charge in [0.2, 0.25) is 11.9 Å². The summed E-state index contributed by atoms with van der Waals surface area (Å²) in [4.78, 5) is 22.5. The van der Waals surface area contributed by atoms with Gasteiger partial charge in [0.25, 0.3) is 0 Å². The van der Waals surface area contributed by atoms with Crippen molar-refractivity contribution in [2.75, 3.05) is 0 Å². The van der Waals surface area contributed by atoms with E-state index in [1.54, 1.807) is 0 Å². The van der Waals surface area contributed by atoms with E-state index in [0.29, 0.717) is 11.9 Å². The molecule has 0 aliphatic heterocycles. The number of benzene rings is 24. The number of nitrogens with zero attached hydrogens (tertiary/aromatic N) is 8. The molecule has 0 N–H and O–H groups in total. The summed E-state index contributed by atoms with van der Waals surface area (Å²) in [6.07, 6.45) is 0. The summed E-state index contributed by atoms with van der Waals surface area (Å²) >= 11 is 1.86. The number of hydrogen-bond acceptors (Lipinski definition) is 6. The zero-order valence-electron chi connectivity index (χ0n) is 78.6. The van der Waals surface area contributed by atoms with Crippen LogP contribution in [0.3, 0.4) is 0 Å². The molecule has 0 unspecified atom stereocenters. The number of thiophene rings is 1. The fourth-order valence-corrected chi connectivity index (χ4v) is 25.1. The lowest BCUT2D eigenvalue weighted by Crippen LogP contribution is -2.04. The first-order valence-electron chi connectivity index (χ1n) is 49.8. The van der Waals surface area contributed by atoms with Crippen molar-refractivity contribution in [3.8, 4) is 90.6 Å². The Morgan fingerprint density at radius 2 is 0.418 bits per heavy atom. The van der Waals surface area contributed by atoms with E-state index in [1.165, 1.54) is 129 Å². The monoisotopic (exact) mass is 1870 g/mol. The van der Waals surface area contributed by atoms with Crippen LogP contribution in [-0.2, 0) is 0 Å². The first-order chi connectivity index (χ1) is 72.4. The summed E-state index contributed by atoms with van der Waals surface area (Å²) in [6.45, 7) is 0. The van der Waals surface area contributed by atoms with Crippen LogP contribution in [0, 0.1) is 0 Å². The van der Waals surface area contributed by atoms with Crippen molar-refractivity contribution in [2.24, 2.45) is 0 Å². The number of aromatic nitrogens is 8. The van der Waals surface area contributed by atoms with Gasteiger partial charge in [-0.3, -0.25) is 9.13 Å². The maximum Gasteiger partial charge on any atom is 0.235 e. The number of rotatable bonds is 10. The third kappa shape index (κ3) is 12.6. The van der Waals surface area contributed by atoms with Gasteiger partial charge in [0, 0.05) is 108 Å². The lowest BCUT2D eigenvalue weighted by molar-refractivity contribution is 0.669. The predicted octanol–water partition coefficient (Wildman–Crippen LogP) is 36.8. The smallest absolute Gasteiger partial charge is 0.235 e. The van der Waals surface area contributed by atoms with Gasteiger partial charge in [-0.15, -0.1) is 11.3 Å². The molecule has 9 nitrogen and oxygen atoms in total. The summed E-state index contributed by atoms with van der Waals surface area (Å²) in [5, 5.41) is 33.3. The van der Waals surface area contributed by atoms with Crippen LogP contribution in [0.15, 0.2) is 490 Å². The molecule has 8 heterocycles. The second-order valence-corrected chi connectivity index (χ2v) is 39.6. The quantitative estimate of drug-likeness (QED) is 0.127. The molecular formula is C136H80N8OS. The van der Waals surface area contributed by atoms with Crippen LogP contribution in [-0.4, -0.2) is 38.2 Å². The molecule has 0 bridgehead atoms. The van der Waals surface area contributed by atoms with Gasteiger partial charge >= 0.3 is 0 Å². The van der Waals surface area contributed by atoms with E-state index in [9.17, 15) is 0 Å². The normalized spacial score (nSPS) is 12.1. The topological polar surface area (TPSA) is 84.4 Å². The zero-order valence-corrected chi connectivity index (χ0v) is 79.4. The third-order valence-electron chi connectivity index (χ3n) is 30.6. The van der Waals surface area contributed by atoms with Crippen molar-refractivity contribution in [3.63, 3.8) is 0 Å². The van der Waals surface area contributed by atoms with Gasteiger partial charge < -0.3 is 13.6 Å². The van der Waals surface area contributed by atoms with Crippen LogP contribution >= 0.6 is 11.3 Å². The van der Waals surface area contributed by atoms with Crippen molar-refractivity contribution in [3.05, 3.63) is 485 Å². The number of para-hydroxylation sites is 5. The lowest BCUT2D eigenvalue weighted by Gasteiger charge is -2.16. The predicted molar refractivity (Wildman–Crippen MR) is 614 cm³/mol. The van der Waals surface area contributed by atoms with E-state index in [-0.39, 0.29) is 0 Å². The highest BCUT2D eigenvalue weighted by Crippen LogP contribution is 2.49. The first kappa shape index (κ1) is 81.6. The molecule has 0 spiro atoms. The summed E-state index contributed by atoms with van der Waals surface area (Å²) in [6, 6.07) is 176. The summed E-state index contributed by atoms with van der Waals surface area (Å²) in [7, 11) is 0. The molecule has 146 heavy (non-hydrogen) atoms. The molecule has 0 saturated carbocycles. The molecule has 0 saturated heterocycles. The Hall–Kier alpha value is -19.3. The highest BCUT2D eigenvalue weighted by Gasteiger charge is 2.27. The molecule has 24 aromatic carbocycles. The number of furan rings is 1. The first-order valence-corrected chi connectivity index (χ1v) is 50.6. The molecule has 0 amide bonds. The van der Waals surface area contributed by atoms with Gasteiger partial charge in [0.1, 0.15) is 11.2 Å². The molecule has 0 aliphatic carbocycles. The molecular weight excluding hydrogens is 1790 g/mol. The highest BCUT2D eigenvalue weighted by molar-refractivity contribution is 7.25. The molecule has 32 rings (SSSR count). The lowest BCUT2D eigenvalue weighted by atomic mass is 9.93. The van der Waals surface area contributed by atoms with E-state index in [0.717, 1.165) is 166 Å². The Balaban J connectivity index is 0.000000133. The Morgan fingerprint density at radius 3 is 0.788 bits per heavy atom. The molecule has 32 aromatic rings. The van der Waals surface area contributed by atoms with Crippen molar-refractivity contribution in [2.45, 2.75) is 0 Å². The van der Waals surface area contributed by atoms with Crippen LogP contribution in [0.25, 0.3) is 306 Å². The van der Waals surface area contributed by atoms with Crippen molar-refractivity contribution < 1.29 is 4.42 Å². The van der Waals surface area contributed by atoms with Crippen LogP contribution in [0.2, 0.25) is 0 Å². The zero-order chi connectivity index (χ0) is 95.5. The van der Waals surface area contributed by atoms with E-state index in [4.69, 9.17) is 24.4 Å². The Bertz CT molecular complexity index is 10300. The van der Waals surface area contributed by atoms with Gasteiger partial charge in [-0.05, 0) is 266 Å². The SMILES string of the molecule is c1ccc2c(c1)cc(-c1cc(-c3cc4ccccc4c4ccccc34)nc(-n3c4ccccc4c4cc(-c5ccc6c(c5)c5ccccc5n6-c5ccc6oc7ccccc7c6c5)ccc43)n1)c1ccccc12.c1ccc2c(c1)cc(-c1cc(-c3cc4ccccc4c4ccccc34)nc(-n3c4ccccc4c4cc(-c5ccc6c(c5)c5ccccc5n6-c5ccc6sc7ccccc7c6c5)ccc43)n1)c1ccccc12. The average molecular weight is 1870 g/mol. The maximum atomic E-state index is 6.23. The standard InChI is InChI=1S/C68H40N4O.C68H40N4S/c2*1-3-17-46-43(15-1)37-55(50-21-7-5-19-48(46)50)60-40-61(56-38-44-16-2-4-18-47(44)49-20-6-8-22-51(49)56)70-68(69-60)72-63-27-13-10-24-53(63)58-36-42(30-33-65(58)72)41-29-32-64-57(35-41)52-23-9-12-26-62(52)71(64)45-31-34-67-59(39-45)54-25-11-14-28-66(54)73-67/h2*1-40H. The van der Waals surface area contributed by atoms with Crippen molar-refractivity contribution >= 4 is 227 Å². The highest BCUT2D eigenvalue weighted by atomic mass is 32.1. The van der Waals surface area contributed by atoms with E-state index in [2.05, 4.69) is 491 Å². The fourth-order valence-electron chi connectivity index (χ4n) is 24.0. The second kappa shape index (κ2) is 32.1. The molecule has 0 aliphatic rings. The number of fused-ring (bicyclic) bond motifs is 30. The second-order valence-electron chi connectivity index (χ2n) is 38.5.